The third-order valence-electron chi connectivity index (χ3n) is 5.66. The monoisotopic (exact) mass is 584 g/mol. The number of rotatable bonds is 0. The minimum atomic E-state index is 0.367. The molecule has 2 rings (SSSR count). The Balaban J connectivity index is 2.56. The van der Waals surface area contributed by atoms with Gasteiger partial charge in [-0.1, -0.05) is 0 Å². The minimum absolute atomic E-state index is 0.367. The molecule has 0 aromatic carbocycles. The van der Waals surface area contributed by atoms with Crippen LogP contribution in [-0.4, -0.2) is 7.80 Å². The van der Waals surface area contributed by atoms with Crippen LogP contribution < -0.4 is 0 Å². The molecule has 3 atom stereocenters. The van der Waals surface area contributed by atoms with Gasteiger partial charge >= 0.3 is 135 Å². The van der Waals surface area contributed by atoms with Crippen molar-refractivity contribution in [1.29, 1.82) is 0 Å². The van der Waals surface area contributed by atoms with Gasteiger partial charge in [0.1, 0.15) is 0 Å². The van der Waals surface area contributed by atoms with Crippen LogP contribution in [0.5, 0.6) is 0 Å². The zero-order valence-electron chi connectivity index (χ0n) is 12.3. The molecule has 1 saturated carbocycles. The van der Waals surface area contributed by atoms with E-state index >= 15 is 0 Å². The summed E-state index contributed by atoms with van der Waals surface area (Å²) in [6.07, 6.45) is 3.84. The van der Waals surface area contributed by atoms with Crippen LogP contribution in [0.1, 0.15) is 48.0 Å². The van der Waals surface area contributed by atoms with Gasteiger partial charge in [0.15, 0.2) is 0 Å². The molecule has 0 aromatic rings. The van der Waals surface area contributed by atoms with Crippen molar-refractivity contribution < 1.29 is 38.7 Å². The van der Waals surface area contributed by atoms with Crippen molar-refractivity contribution in [3.63, 3.8) is 0 Å². The van der Waals surface area contributed by atoms with Gasteiger partial charge in [-0.3, -0.25) is 0 Å². The second-order valence-electron chi connectivity index (χ2n) is 7.29. The normalized spacial score (nSPS) is 38.1. The third-order valence-corrected chi connectivity index (χ3v) is 11.4. The van der Waals surface area contributed by atoms with Gasteiger partial charge in [0.25, 0.3) is 0 Å². The van der Waals surface area contributed by atoms with Crippen LogP contribution in [0.15, 0.2) is 11.6 Å². The molecule has 0 N–H and O–H groups in total. The fraction of sp³-hybridized carbons (Fsp3) is 0.750. The SMILES string of the molecule is CC1C2[C](=[W])[C](=[W])C(C)C(C)(C)C2=CCC1(C)C. The molecule has 0 saturated heterocycles. The van der Waals surface area contributed by atoms with E-state index in [0.29, 0.717) is 10.8 Å². The third kappa shape index (κ3) is 2.11. The Morgan fingerprint density at radius 2 is 1.61 bits per heavy atom. The van der Waals surface area contributed by atoms with E-state index in [4.69, 9.17) is 0 Å². The maximum absolute atomic E-state index is 2.59. The fourth-order valence-electron chi connectivity index (χ4n) is 3.38. The van der Waals surface area contributed by atoms with Crippen molar-refractivity contribution in [2.24, 2.45) is 28.6 Å². The molecule has 3 unspecified atom stereocenters. The van der Waals surface area contributed by atoms with Crippen LogP contribution in [0.2, 0.25) is 0 Å². The van der Waals surface area contributed by atoms with Crippen molar-refractivity contribution in [3.8, 4) is 0 Å². The van der Waals surface area contributed by atoms with Crippen LogP contribution in [0.25, 0.3) is 0 Å². The summed E-state index contributed by atoms with van der Waals surface area (Å²) in [5, 5.41) is 0. The molecule has 2 heteroatoms. The average Bonchev–Trinajstić information content (AvgIpc) is 2.27. The molecule has 2 aliphatic carbocycles. The van der Waals surface area contributed by atoms with E-state index in [2.05, 4.69) is 47.6 Å². The molecule has 0 amide bonds. The van der Waals surface area contributed by atoms with Gasteiger partial charge in [-0.2, -0.15) is 0 Å². The van der Waals surface area contributed by atoms with Gasteiger partial charge in [0, 0.05) is 0 Å². The Hall–Kier alpha value is 0.857. The quantitative estimate of drug-likeness (QED) is 0.382. The van der Waals surface area contributed by atoms with Crippen LogP contribution in [0.4, 0.5) is 0 Å². The summed E-state index contributed by atoms with van der Waals surface area (Å²) in [7, 11) is 0. The average molecular weight is 584 g/mol. The maximum atomic E-state index is 2.59. The predicted octanol–water partition coefficient (Wildman–Crippen LogP) is 3.71. The Labute approximate surface area is 134 Å². The number of hydrogen-bond acceptors (Lipinski definition) is 0. The summed E-state index contributed by atoms with van der Waals surface area (Å²) < 4.78 is 3.52. The van der Waals surface area contributed by atoms with Gasteiger partial charge in [-0.05, 0) is 0 Å². The molecule has 0 aromatic heterocycles. The van der Waals surface area contributed by atoms with Crippen molar-refractivity contribution >= 4 is 7.80 Å². The number of allylic oxidation sites excluding steroid dienone is 2. The van der Waals surface area contributed by atoms with Crippen molar-refractivity contribution in [2.45, 2.75) is 48.0 Å². The number of hydrogen-bond donors (Lipinski definition) is 0. The van der Waals surface area contributed by atoms with E-state index in [1.807, 2.05) is 0 Å². The Bertz CT molecular complexity index is 440. The first-order chi connectivity index (χ1) is 8.10. The molecule has 0 radical (unpaired) electrons. The summed E-state index contributed by atoms with van der Waals surface area (Å²) in [5.41, 5.74) is 2.57. The molecule has 2 aliphatic rings. The van der Waals surface area contributed by atoms with Crippen LogP contribution >= 0.6 is 0 Å². The molecule has 0 spiro atoms. The molecular formula is C16H24W2. The Morgan fingerprint density at radius 3 is 2.17 bits per heavy atom. The van der Waals surface area contributed by atoms with E-state index in [1.165, 1.54) is 6.42 Å². The topological polar surface area (TPSA) is 0 Å². The molecule has 0 aliphatic heterocycles. The zero-order valence-corrected chi connectivity index (χ0v) is 18.2. The van der Waals surface area contributed by atoms with E-state index in [0.717, 1.165) is 17.8 Å². The van der Waals surface area contributed by atoms with E-state index < -0.39 is 0 Å². The summed E-state index contributed by atoms with van der Waals surface area (Å²) >= 11 is 3.41. The molecular weight excluding hydrogens is 560 g/mol. The summed E-state index contributed by atoms with van der Waals surface area (Å²) in [6, 6.07) is 0. The Morgan fingerprint density at radius 1 is 1.06 bits per heavy atom. The molecule has 100 valence electrons. The predicted molar refractivity (Wildman–Crippen MR) is 72.1 cm³/mol. The van der Waals surface area contributed by atoms with Crippen LogP contribution in [0, 0.1) is 28.6 Å². The second kappa shape index (κ2) is 4.70. The molecule has 1 fully saturated rings. The van der Waals surface area contributed by atoms with E-state index in [1.54, 1.807) is 52.1 Å². The van der Waals surface area contributed by atoms with Gasteiger partial charge in [-0.15, -0.1) is 0 Å². The molecule has 18 heavy (non-hydrogen) atoms. The fourth-order valence-corrected chi connectivity index (χ4v) is 6.72. The van der Waals surface area contributed by atoms with E-state index in [9.17, 15) is 0 Å². The second-order valence-corrected chi connectivity index (χ2v) is 10.5. The van der Waals surface area contributed by atoms with Crippen LogP contribution in [-0.2, 0) is 38.7 Å². The standard InChI is InChI=1S/C16H24.2W/c1-11-7-8-13-12(2)15(3,4)10-9-14(13)16(11,5)6;;/h9,11-13H,10H2,1-6H3;;. The van der Waals surface area contributed by atoms with Gasteiger partial charge in [0.2, 0.25) is 0 Å². The first kappa shape index (κ1) is 15.2. The molecule has 0 nitrogen and oxygen atoms in total. The first-order valence-electron chi connectivity index (χ1n) is 6.89. The van der Waals surface area contributed by atoms with Gasteiger partial charge in [-0.25, -0.2) is 0 Å². The van der Waals surface area contributed by atoms with Gasteiger partial charge < -0.3 is 0 Å². The van der Waals surface area contributed by atoms with Crippen molar-refractivity contribution in [1.82, 2.24) is 0 Å². The van der Waals surface area contributed by atoms with Crippen molar-refractivity contribution in [2.75, 3.05) is 0 Å². The van der Waals surface area contributed by atoms with Gasteiger partial charge in [0.05, 0.1) is 0 Å². The summed E-state index contributed by atoms with van der Waals surface area (Å²) in [6.45, 7) is 14.7. The van der Waals surface area contributed by atoms with Crippen molar-refractivity contribution in [3.05, 3.63) is 11.6 Å². The summed E-state index contributed by atoms with van der Waals surface area (Å²) in [5.74, 6) is 2.25. The Kier molecular flexibility index (Phi) is 3.98. The van der Waals surface area contributed by atoms with E-state index in [-0.39, 0.29) is 0 Å². The summed E-state index contributed by atoms with van der Waals surface area (Å²) in [4.78, 5) is 0. The molecule has 0 bridgehead atoms. The number of fused-ring (bicyclic) bond motifs is 1. The van der Waals surface area contributed by atoms with Crippen LogP contribution in [0.3, 0.4) is 0 Å². The first-order valence-corrected chi connectivity index (χ1v) is 9.82. The zero-order chi connectivity index (χ0) is 13.9. The molecule has 0 heterocycles.